The SMILES string of the molecule is Oc1ccc(-c2ccc(O)cc2-c2ccccc2-c2ccccc2)cc1. The van der Waals surface area contributed by atoms with E-state index in [1.807, 2.05) is 48.5 Å². The maximum atomic E-state index is 10.1. The molecule has 126 valence electrons. The summed E-state index contributed by atoms with van der Waals surface area (Å²) < 4.78 is 0. The van der Waals surface area contributed by atoms with Crippen LogP contribution in [0.5, 0.6) is 11.5 Å². The zero-order chi connectivity index (χ0) is 17.9. The molecule has 2 nitrogen and oxygen atoms in total. The van der Waals surface area contributed by atoms with Gasteiger partial charge in [-0.1, -0.05) is 72.8 Å². The minimum atomic E-state index is 0.227. The second-order valence-electron chi connectivity index (χ2n) is 6.19. The van der Waals surface area contributed by atoms with Gasteiger partial charge in [-0.15, -0.1) is 0 Å². The van der Waals surface area contributed by atoms with Crippen molar-refractivity contribution in [2.24, 2.45) is 0 Å². The lowest BCUT2D eigenvalue weighted by Crippen LogP contribution is -1.89. The Bertz CT molecular complexity index is 1040. The van der Waals surface area contributed by atoms with Crippen LogP contribution in [0.4, 0.5) is 0 Å². The van der Waals surface area contributed by atoms with E-state index in [9.17, 15) is 10.2 Å². The number of hydrogen-bond donors (Lipinski definition) is 2. The van der Waals surface area contributed by atoms with E-state index in [1.54, 1.807) is 24.3 Å². The first-order chi connectivity index (χ1) is 12.7. The number of rotatable bonds is 3. The van der Waals surface area contributed by atoms with Crippen LogP contribution >= 0.6 is 0 Å². The minimum absolute atomic E-state index is 0.227. The van der Waals surface area contributed by atoms with Crippen molar-refractivity contribution in [3.8, 4) is 44.9 Å². The van der Waals surface area contributed by atoms with Crippen molar-refractivity contribution in [1.29, 1.82) is 0 Å². The van der Waals surface area contributed by atoms with Crippen molar-refractivity contribution in [1.82, 2.24) is 0 Å². The molecule has 2 N–H and O–H groups in total. The van der Waals surface area contributed by atoms with Crippen molar-refractivity contribution in [2.75, 3.05) is 0 Å². The van der Waals surface area contributed by atoms with Crippen LogP contribution in [-0.4, -0.2) is 10.2 Å². The highest BCUT2D eigenvalue weighted by molar-refractivity contribution is 5.92. The molecule has 4 aromatic rings. The Morgan fingerprint density at radius 3 is 1.65 bits per heavy atom. The summed E-state index contributed by atoms with van der Waals surface area (Å²) in [5.41, 5.74) is 6.24. The number of phenols is 2. The number of benzene rings is 4. The molecule has 0 atom stereocenters. The topological polar surface area (TPSA) is 40.5 Å². The van der Waals surface area contributed by atoms with Gasteiger partial charge < -0.3 is 10.2 Å². The molecule has 0 spiro atoms. The first-order valence-corrected chi connectivity index (χ1v) is 8.49. The van der Waals surface area contributed by atoms with Crippen LogP contribution in [0.15, 0.2) is 97.1 Å². The first kappa shape index (κ1) is 16.0. The van der Waals surface area contributed by atoms with Crippen LogP contribution in [-0.2, 0) is 0 Å². The van der Waals surface area contributed by atoms with Gasteiger partial charge >= 0.3 is 0 Å². The standard InChI is InChI=1S/C24H18O2/c25-19-12-10-18(11-13-19)22-15-14-20(26)16-24(22)23-9-5-4-8-21(23)17-6-2-1-3-7-17/h1-16,25-26H. The normalized spacial score (nSPS) is 10.6. The maximum absolute atomic E-state index is 10.1. The van der Waals surface area contributed by atoms with E-state index >= 15 is 0 Å². The quantitative estimate of drug-likeness (QED) is 0.474. The van der Waals surface area contributed by atoms with E-state index in [-0.39, 0.29) is 11.5 Å². The van der Waals surface area contributed by atoms with Crippen molar-refractivity contribution in [3.63, 3.8) is 0 Å². The van der Waals surface area contributed by atoms with Gasteiger partial charge in [-0.25, -0.2) is 0 Å². The van der Waals surface area contributed by atoms with Gasteiger partial charge in [-0.3, -0.25) is 0 Å². The summed E-state index contributed by atoms with van der Waals surface area (Å²) in [6.45, 7) is 0. The van der Waals surface area contributed by atoms with Crippen LogP contribution < -0.4 is 0 Å². The third kappa shape index (κ3) is 3.05. The van der Waals surface area contributed by atoms with Gasteiger partial charge in [0.05, 0.1) is 0 Å². The zero-order valence-corrected chi connectivity index (χ0v) is 14.1. The van der Waals surface area contributed by atoms with Gasteiger partial charge in [0.25, 0.3) is 0 Å². The van der Waals surface area contributed by atoms with Crippen LogP contribution in [0.3, 0.4) is 0 Å². The van der Waals surface area contributed by atoms with E-state index < -0.39 is 0 Å². The molecule has 0 radical (unpaired) electrons. The van der Waals surface area contributed by atoms with Gasteiger partial charge in [0, 0.05) is 0 Å². The number of phenolic OH excluding ortho intramolecular Hbond substituents is 2. The zero-order valence-electron chi connectivity index (χ0n) is 14.1. The second-order valence-corrected chi connectivity index (χ2v) is 6.19. The van der Waals surface area contributed by atoms with Crippen LogP contribution in [0.2, 0.25) is 0 Å². The smallest absolute Gasteiger partial charge is 0.116 e. The largest absolute Gasteiger partial charge is 0.508 e. The molecule has 0 aliphatic carbocycles. The molecule has 0 aromatic heterocycles. The lowest BCUT2D eigenvalue weighted by molar-refractivity contribution is 0.474. The van der Waals surface area contributed by atoms with Gasteiger partial charge in [-0.2, -0.15) is 0 Å². The Morgan fingerprint density at radius 2 is 0.923 bits per heavy atom. The summed E-state index contributed by atoms with van der Waals surface area (Å²) >= 11 is 0. The lowest BCUT2D eigenvalue weighted by Gasteiger charge is -2.15. The predicted octanol–water partition coefficient (Wildman–Crippen LogP) is 6.10. The Balaban J connectivity index is 1.95. The summed E-state index contributed by atoms with van der Waals surface area (Å²) in [5.74, 6) is 0.462. The summed E-state index contributed by atoms with van der Waals surface area (Å²) in [4.78, 5) is 0. The highest BCUT2D eigenvalue weighted by Gasteiger charge is 2.13. The van der Waals surface area contributed by atoms with Crippen molar-refractivity contribution in [3.05, 3.63) is 97.1 Å². The fourth-order valence-corrected chi connectivity index (χ4v) is 3.24. The lowest BCUT2D eigenvalue weighted by atomic mass is 9.89. The minimum Gasteiger partial charge on any atom is -0.508 e. The molecule has 2 heteroatoms. The van der Waals surface area contributed by atoms with Crippen molar-refractivity contribution >= 4 is 0 Å². The Morgan fingerprint density at radius 1 is 0.385 bits per heavy atom. The average Bonchev–Trinajstić information content (AvgIpc) is 2.69. The molecular formula is C24H18O2. The van der Waals surface area contributed by atoms with Crippen molar-refractivity contribution in [2.45, 2.75) is 0 Å². The summed E-state index contributed by atoms with van der Waals surface area (Å²) in [7, 11) is 0. The molecule has 0 saturated heterocycles. The Hall–Kier alpha value is -3.52. The first-order valence-electron chi connectivity index (χ1n) is 8.49. The molecule has 0 aliphatic heterocycles. The van der Waals surface area contributed by atoms with Gasteiger partial charge in [0.2, 0.25) is 0 Å². The summed E-state index contributed by atoms with van der Waals surface area (Å²) in [5, 5.41) is 19.7. The number of hydrogen-bond acceptors (Lipinski definition) is 2. The fourth-order valence-electron chi connectivity index (χ4n) is 3.24. The van der Waals surface area contributed by atoms with Gasteiger partial charge in [0.1, 0.15) is 11.5 Å². The average molecular weight is 338 g/mol. The molecular weight excluding hydrogens is 320 g/mol. The number of aromatic hydroxyl groups is 2. The highest BCUT2D eigenvalue weighted by atomic mass is 16.3. The third-order valence-corrected chi connectivity index (χ3v) is 4.48. The van der Waals surface area contributed by atoms with E-state index in [0.29, 0.717) is 0 Å². The molecule has 0 aliphatic rings. The molecule has 4 aromatic carbocycles. The molecule has 0 unspecified atom stereocenters. The van der Waals surface area contributed by atoms with E-state index in [2.05, 4.69) is 24.3 Å². The van der Waals surface area contributed by atoms with E-state index in [0.717, 1.165) is 33.4 Å². The van der Waals surface area contributed by atoms with Crippen LogP contribution in [0.1, 0.15) is 0 Å². The molecule has 0 fully saturated rings. The van der Waals surface area contributed by atoms with E-state index in [4.69, 9.17) is 0 Å². The molecule has 4 rings (SSSR count). The second kappa shape index (κ2) is 6.77. The van der Waals surface area contributed by atoms with Crippen LogP contribution in [0.25, 0.3) is 33.4 Å². The van der Waals surface area contributed by atoms with Gasteiger partial charge in [0.15, 0.2) is 0 Å². The summed E-state index contributed by atoms with van der Waals surface area (Å²) in [6, 6.07) is 30.9. The van der Waals surface area contributed by atoms with Crippen molar-refractivity contribution < 1.29 is 10.2 Å². The molecule has 0 bridgehead atoms. The Labute approximate surface area is 152 Å². The third-order valence-electron chi connectivity index (χ3n) is 4.48. The van der Waals surface area contributed by atoms with E-state index in [1.165, 1.54) is 0 Å². The molecule has 0 saturated carbocycles. The maximum Gasteiger partial charge on any atom is 0.116 e. The summed E-state index contributed by atoms with van der Waals surface area (Å²) in [6.07, 6.45) is 0. The highest BCUT2D eigenvalue weighted by Crippen LogP contribution is 2.39. The van der Waals surface area contributed by atoms with Gasteiger partial charge in [-0.05, 0) is 57.6 Å². The fraction of sp³-hybridized carbons (Fsp3) is 0. The monoisotopic (exact) mass is 338 g/mol. The molecule has 0 heterocycles. The Kier molecular flexibility index (Phi) is 4.16. The molecule has 26 heavy (non-hydrogen) atoms. The van der Waals surface area contributed by atoms with Crippen LogP contribution in [0, 0.1) is 0 Å². The predicted molar refractivity (Wildman–Crippen MR) is 106 cm³/mol. The molecule has 0 amide bonds.